The topological polar surface area (TPSA) is 82.5 Å². The molecular formula is C20H12ClF3N2O3. The van der Waals surface area contributed by atoms with E-state index < -0.39 is 33.9 Å². The first-order chi connectivity index (χ1) is 13.7. The van der Waals surface area contributed by atoms with Crippen LogP contribution in [-0.4, -0.2) is 21.1 Å². The van der Waals surface area contributed by atoms with Crippen molar-refractivity contribution in [2.24, 2.45) is 0 Å². The Hall–Kier alpha value is -3.26. The SMILES string of the molecule is O=C1Nc2c(cnc(Cl)c2C(F)(F)F)C1(c1ccc(O)cc1)c1ccc(O)cc1. The number of anilines is 1. The number of rotatable bonds is 2. The number of aromatic hydroxyl groups is 2. The van der Waals surface area contributed by atoms with E-state index in [0.717, 1.165) is 6.20 Å². The van der Waals surface area contributed by atoms with Crippen molar-refractivity contribution in [3.8, 4) is 11.5 Å². The average Bonchev–Trinajstić information content (AvgIpc) is 2.94. The summed E-state index contributed by atoms with van der Waals surface area (Å²) in [5.41, 5.74) is -2.79. The number of carbonyl (C=O) groups excluding carboxylic acids is 1. The van der Waals surface area contributed by atoms with E-state index >= 15 is 0 Å². The van der Waals surface area contributed by atoms with Gasteiger partial charge in [0, 0.05) is 11.8 Å². The third-order valence-electron chi connectivity index (χ3n) is 4.90. The van der Waals surface area contributed by atoms with Crippen LogP contribution in [0.3, 0.4) is 0 Å². The number of phenols is 2. The first-order valence-corrected chi connectivity index (χ1v) is 8.70. The molecule has 3 N–H and O–H groups in total. The lowest BCUT2D eigenvalue weighted by Crippen LogP contribution is -2.37. The van der Waals surface area contributed by atoms with Crippen LogP contribution in [0.1, 0.15) is 22.3 Å². The van der Waals surface area contributed by atoms with E-state index in [1.165, 1.54) is 48.5 Å². The van der Waals surface area contributed by atoms with Gasteiger partial charge in [0.05, 0.1) is 5.69 Å². The molecule has 0 spiro atoms. The van der Waals surface area contributed by atoms with Crippen LogP contribution >= 0.6 is 11.6 Å². The van der Waals surface area contributed by atoms with E-state index in [0.29, 0.717) is 11.1 Å². The fourth-order valence-electron chi connectivity index (χ4n) is 3.65. The minimum Gasteiger partial charge on any atom is -0.508 e. The van der Waals surface area contributed by atoms with Gasteiger partial charge >= 0.3 is 6.18 Å². The molecule has 2 aromatic carbocycles. The van der Waals surface area contributed by atoms with Crippen LogP contribution in [0.15, 0.2) is 54.7 Å². The van der Waals surface area contributed by atoms with Crippen molar-refractivity contribution in [1.82, 2.24) is 4.98 Å². The van der Waals surface area contributed by atoms with Gasteiger partial charge < -0.3 is 15.5 Å². The lowest BCUT2D eigenvalue weighted by Gasteiger charge is -2.29. The zero-order valence-electron chi connectivity index (χ0n) is 14.5. The van der Waals surface area contributed by atoms with Crippen molar-refractivity contribution >= 4 is 23.2 Å². The van der Waals surface area contributed by atoms with E-state index in [1.54, 1.807) is 0 Å². The standard InChI is InChI=1S/C20H12ClF3N2O3/c21-17-15(20(22,23)24)16-14(9-25-17)19(18(29)26-16,10-1-5-12(27)6-2-10)11-3-7-13(28)8-4-11/h1-9,27-28H,(H,26,29). The van der Waals surface area contributed by atoms with E-state index in [9.17, 15) is 28.2 Å². The number of aromatic nitrogens is 1. The Morgan fingerprint density at radius 2 is 1.41 bits per heavy atom. The number of hydrogen-bond donors (Lipinski definition) is 3. The number of pyridine rings is 1. The van der Waals surface area contributed by atoms with E-state index in [4.69, 9.17) is 11.6 Å². The summed E-state index contributed by atoms with van der Waals surface area (Å²) >= 11 is 5.72. The number of carbonyl (C=O) groups is 1. The molecule has 0 bridgehead atoms. The van der Waals surface area contributed by atoms with Gasteiger partial charge in [-0.2, -0.15) is 13.2 Å². The van der Waals surface area contributed by atoms with Gasteiger partial charge in [0.1, 0.15) is 27.6 Å². The number of halogens is 4. The van der Waals surface area contributed by atoms with Crippen molar-refractivity contribution in [2.45, 2.75) is 11.6 Å². The molecule has 9 heteroatoms. The zero-order chi connectivity index (χ0) is 21.0. The molecule has 0 aliphatic carbocycles. The van der Waals surface area contributed by atoms with Gasteiger partial charge in [-0.15, -0.1) is 0 Å². The Morgan fingerprint density at radius 3 is 1.86 bits per heavy atom. The maximum Gasteiger partial charge on any atom is 0.421 e. The summed E-state index contributed by atoms with van der Waals surface area (Å²) < 4.78 is 41.0. The number of fused-ring (bicyclic) bond motifs is 1. The lowest BCUT2D eigenvalue weighted by atomic mass is 9.70. The Kier molecular flexibility index (Phi) is 4.20. The van der Waals surface area contributed by atoms with Crippen LogP contribution in [0.4, 0.5) is 18.9 Å². The van der Waals surface area contributed by atoms with Crippen LogP contribution in [0, 0.1) is 0 Å². The van der Waals surface area contributed by atoms with E-state index in [-0.39, 0.29) is 17.1 Å². The molecule has 2 heterocycles. The summed E-state index contributed by atoms with van der Waals surface area (Å²) in [6.07, 6.45) is -3.72. The molecule has 0 radical (unpaired) electrons. The molecule has 0 unspecified atom stereocenters. The summed E-state index contributed by atoms with van der Waals surface area (Å²) in [5.74, 6) is -0.879. The summed E-state index contributed by atoms with van der Waals surface area (Å²) in [6.45, 7) is 0. The fraction of sp³-hybridized carbons (Fsp3) is 0.100. The number of benzene rings is 2. The molecule has 148 valence electrons. The van der Waals surface area contributed by atoms with Gasteiger partial charge in [0.15, 0.2) is 0 Å². The zero-order valence-corrected chi connectivity index (χ0v) is 15.2. The molecule has 29 heavy (non-hydrogen) atoms. The molecule has 1 aliphatic heterocycles. The number of alkyl halides is 3. The number of nitrogens with one attached hydrogen (secondary N) is 1. The second kappa shape index (κ2) is 6.38. The molecular weight excluding hydrogens is 409 g/mol. The Balaban J connectivity index is 2.10. The molecule has 3 aromatic rings. The van der Waals surface area contributed by atoms with Crippen LogP contribution in [0.5, 0.6) is 11.5 Å². The minimum absolute atomic E-state index is 0.0318. The van der Waals surface area contributed by atoms with Gasteiger partial charge in [-0.25, -0.2) is 4.98 Å². The summed E-state index contributed by atoms with van der Waals surface area (Å²) in [6, 6.07) is 11.1. The minimum atomic E-state index is -4.84. The van der Waals surface area contributed by atoms with Gasteiger partial charge in [0.25, 0.3) is 0 Å². The molecule has 1 aliphatic rings. The smallest absolute Gasteiger partial charge is 0.421 e. The highest BCUT2D eigenvalue weighted by Crippen LogP contribution is 2.52. The molecule has 1 aromatic heterocycles. The number of amides is 1. The highest BCUT2D eigenvalue weighted by atomic mass is 35.5. The van der Waals surface area contributed by atoms with E-state index in [1.807, 2.05) is 0 Å². The van der Waals surface area contributed by atoms with E-state index in [2.05, 4.69) is 10.3 Å². The number of nitrogens with zero attached hydrogens (tertiary/aromatic N) is 1. The quantitative estimate of drug-likeness (QED) is 0.535. The normalized spacial score (nSPS) is 15.1. The highest BCUT2D eigenvalue weighted by Gasteiger charge is 2.53. The molecule has 4 rings (SSSR count). The fourth-order valence-corrected chi connectivity index (χ4v) is 3.90. The van der Waals surface area contributed by atoms with Crippen LogP contribution in [0.2, 0.25) is 5.15 Å². The molecule has 1 amide bonds. The monoisotopic (exact) mass is 420 g/mol. The molecule has 0 atom stereocenters. The van der Waals surface area contributed by atoms with Crippen LogP contribution in [-0.2, 0) is 16.4 Å². The molecule has 0 saturated carbocycles. The van der Waals surface area contributed by atoms with Crippen molar-refractivity contribution in [3.05, 3.63) is 82.1 Å². The van der Waals surface area contributed by atoms with Crippen molar-refractivity contribution < 1.29 is 28.2 Å². The van der Waals surface area contributed by atoms with Crippen molar-refractivity contribution in [3.63, 3.8) is 0 Å². The maximum atomic E-state index is 13.7. The molecule has 0 saturated heterocycles. The first kappa shape index (κ1) is 19.1. The van der Waals surface area contributed by atoms with Gasteiger partial charge in [0.2, 0.25) is 5.91 Å². The summed E-state index contributed by atoms with van der Waals surface area (Å²) in [5, 5.41) is 20.8. The highest BCUT2D eigenvalue weighted by molar-refractivity contribution is 6.31. The summed E-state index contributed by atoms with van der Waals surface area (Å²) in [7, 11) is 0. The molecule has 0 fully saturated rings. The number of hydrogen-bond acceptors (Lipinski definition) is 4. The largest absolute Gasteiger partial charge is 0.508 e. The first-order valence-electron chi connectivity index (χ1n) is 8.32. The van der Waals surface area contributed by atoms with Gasteiger partial charge in [-0.1, -0.05) is 35.9 Å². The number of phenolic OH excluding ortho intramolecular Hbond substituents is 2. The van der Waals surface area contributed by atoms with Crippen molar-refractivity contribution in [2.75, 3.05) is 5.32 Å². The maximum absolute atomic E-state index is 13.7. The Morgan fingerprint density at radius 1 is 0.931 bits per heavy atom. The Bertz CT molecular complexity index is 1070. The predicted octanol–water partition coefficient (Wildman–Crippen LogP) is 4.45. The van der Waals surface area contributed by atoms with Gasteiger partial charge in [-0.05, 0) is 35.4 Å². The van der Waals surface area contributed by atoms with Crippen LogP contribution < -0.4 is 5.32 Å². The third-order valence-corrected chi connectivity index (χ3v) is 5.19. The van der Waals surface area contributed by atoms with Crippen molar-refractivity contribution in [1.29, 1.82) is 0 Å². The Labute approximate surface area is 167 Å². The second-order valence-electron chi connectivity index (χ2n) is 6.51. The average molecular weight is 421 g/mol. The predicted molar refractivity (Wildman–Crippen MR) is 99.0 cm³/mol. The van der Waals surface area contributed by atoms with Crippen LogP contribution in [0.25, 0.3) is 0 Å². The van der Waals surface area contributed by atoms with Gasteiger partial charge in [-0.3, -0.25) is 4.79 Å². The second-order valence-corrected chi connectivity index (χ2v) is 6.87. The lowest BCUT2D eigenvalue weighted by molar-refractivity contribution is -0.137. The third kappa shape index (κ3) is 2.79. The molecule has 5 nitrogen and oxygen atoms in total. The summed E-state index contributed by atoms with van der Waals surface area (Å²) in [4.78, 5) is 16.9.